The Morgan fingerprint density at radius 3 is 2.62 bits per heavy atom. The fourth-order valence-electron chi connectivity index (χ4n) is 2.99. The third-order valence-electron chi connectivity index (χ3n) is 4.51. The summed E-state index contributed by atoms with van der Waals surface area (Å²) in [6, 6.07) is 15.0. The molecule has 0 aliphatic heterocycles. The van der Waals surface area contributed by atoms with Gasteiger partial charge in [-0.1, -0.05) is 38.1 Å². The number of nitrogens with one attached hydrogen (secondary N) is 4. The van der Waals surface area contributed by atoms with Crippen LogP contribution in [0.2, 0.25) is 0 Å². The lowest BCUT2D eigenvalue weighted by Crippen LogP contribution is -2.21. The summed E-state index contributed by atoms with van der Waals surface area (Å²) in [4.78, 5) is 39.4. The van der Waals surface area contributed by atoms with Gasteiger partial charge in [-0.3, -0.25) is 14.9 Å². The van der Waals surface area contributed by atoms with Crippen LogP contribution in [0.4, 0.5) is 11.6 Å². The smallest absolute Gasteiger partial charge is 0.276 e. The van der Waals surface area contributed by atoms with Crippen molar-refractivity contribution in [3.8, 4) is 0 Å². The van der Waals surface area contributed by atoms with Crippen LogP contribution in [0.5, 0.6) is 0 Å². The van der Waals surface area contributed by atoms with Crippen molar-refractivity contribution in [2.45, 2.75) is 19.8 Å². The molecule has 2 aromatic carbocycles. The maximum absolute atomic E-state index is 12.7. The number of hydrogen-bond acceptors (Lipinski definition) is 4. The van der Waals surface area contributed by atoms with E-state index in [4.69, 9.17) is 0 Å². The van der Waals surface area contributed by atoms with Crippen LogP contribution in [0.3, 0.4) is 0 Å². The standard InChI is InChI=1S/C21H20N6O2/c1-12(2)13-6-5-7-14(10-13)24-19(28)17-18(23-11-22-17)20(29)27-21-25-15-8-3-4-9-16(15)26-21/h3-12H,1-2H3,(H,22,23)(H,24,28)(H2,25,26,27,29). The summed E-state index contributed by atoms with van der Waals surface area (Å²) in [6.45, 7) is 4.16. The van der Waals surface area contributed by atoms with Crippen LogP contribution in [0, 0.1) is 0 Å². The lowest BCUT2D eigenvalue weighted by molar-refractivity contribution is 0.0985. The number of imidazole rings is 2. The number of carbonyl (C=O) groups excluding carboxylic acids is 2. The van der Waals surface area contributed by atoms with Crippen molar-refractivity contribution in [3.05, 3.63) is 71.8 Å². The highest BCUT2D eigenvalue weighted by molar-refractivity contribution is 6.13. The van der Waals surface area contributed by atoms with Crippen molar-refractivity contribution < 1.29 is 9.59 Å². The van der Waals surface area contributed by atoms with Gasteiger partial charge in [-0.05, 0) is 35.7 Å². The molecule has 2 heterocycles. The van der Waals surface area contributed by atoms with Gasteiger partial charge in [0.25, 0.3) is 11.8 Å². The second-order valence-electron chi connectivity index (χ2n) is 6.92. The Morgan fingerprint density at radius 1 is 1.00 bits per heavy atom. The molecule has 8 nitrogen and oxygen atoms in total. The molecule has 0 saturated heterocycles. The van der Waals surface area contributed by atoms with E-state index in [9.17, 15) is 9.59 Å². The highest BCUT2D eigenvalue weighted by Gasteiger charge is 2.21. The Kier molecular flexibility index (Phi) is 4.82. The Morgan fingerprint density at radius 2 is 1.83 bits per heavy atom. The number of aromatic amines is 2. The van der Waals surface area contributed by atoms with Crippen LogP contribution in [0.25, 0.3) is 11.0 Å². The Balaban J connectivity index is 1.52. The highest BCUT2D eigenvalue weighted by atomic mass is 16.2. The minimum atomic E-state index is -0.511. The van der Waals surface area contributed by atoms with E-state index in [1.54, 1.807) is 6.07 Å². The van der Waals surface area contributed by atoms with E-state index >= 15 is 0 Å². The van der Waals surface area contributed by atoms with E-state index in [2.05, 4.69) is 44.4 Å². The average molecular weight is 388 g/mol. The molecule has 8 heteroatoms. The summed E-state index contributed by atoms with van der Waals surface area (Å²) in [5, 5.41) is 5.46. The molecule has 0 radical (unpaired) electrons. The lowest BCUT2D eigenvalue weighted by atomic mass is 10.0. The predicted molar refractivity (Wildman–Crippen MR) is 111 cm³/mol. The van der Waals surface area contributed by atoms with E-state index in [1.807, 2.05) is 42.5 Å². The number of anilines is 2. The molecule has 0 unspecified atom stereocenters. The number of fused-ring (bicyclic) bond motifs is 1. The van der Waals surface area contributed by atoms with Gasteiger partial charge in [0.05, 0.1) is 17.4 Å². The second kappa shape index (κ2) is 7.59. The van der Waals surface area contributed by atoms with Crippen LogP contribution in [-0.4, -0.2) is 31.8 Å². The normalized spacial score (nSPS) is 11.0. The summed E-state index contributed by atoms with van der Waals surface area (Å²) in [5.74, 6) is -0.353. The van der Waals surface area contributed by atoms with Crippen molar-refractivity contribution in [1.29, 1.82) is 0 Å². The second-order valence-corrected chi connectivity index (χ2v) is 6.92. The van der Waals surface area contributed by atoms with Gasteiger partial charge in [0.15, 0.2) is 5.69 Å². The minimum absolute atomic E-state index is 0.00793. The molecule has 0 saturated carbocycles. The molecule has 146 valence electrons. The SMILES string of the molecule is CC(C)c1cccc(NC(=O)c2nc[nH]c2C(=O)Nc2nc3ccccc3[nH]2)c1. The van der Waals surface area contributed by atoms with E-state index in [-0.39, 0.29) is 11.4 Å². The molecule has 0 aliphatic rings. The van der Waals surface area contributed by atoms with Crippen molar-refractivity contribution in [1.82, 2.24) is 19.9 Å². The van der Waals surface area contributed by atoms with Gasteiger partial charge < -0.3 is 15.3 Å². The molecule has 0 spiro atoms. The summed E-state index contributed by atoms with van der Waals surface area (Å²) >= 11 is 0. The summed E-state index contributed by atoms with van der Waals surface area (Å²) in [5.41, 5.74) is 3.35. The zero-order chi connectivity index (χ0) is 20.4. The topological polar surface area (TPSA) is 116 Å². The number of aromatic nitrogens is 4. The molecular weight excluding hydrogens is 368 g/mol. The number of H-pyrrole nitrogens is 2. The van der Waals surface area contributed by atoms with Gasteiger partial charge in [0.2, 0.25) is 5.95 Å². The molecule has 0 aliphatic carbocycles. The molecule has 0 atom stereocenters. The molecule has 0 bridgehead atoms. The lowest BCUT2D eigenvalue weighted by Gasteiger charge is -2.09. The van der Waals surface area contributed by atoms with Crippen molar-refractivity contribution in [2.75, 3.05) is 10.6 Å². The molecule has 29 heavy (non-hydrogen) atoms. The maximum Gasteiger partial charge on any atom is 0.276 e. The summed E-state index contributed by atoms with van der Waals surface area (Å²) in [7, 11) is 0. The number of carbonyl (C=O) groups is 2. The van der Waals surface area contributed by atoms with Gasteiger partial charge in [-0.15, -0.1) is 0 Å². The number of nitrogens with zero attached hydrogens (tertiary/aromatic N) is 2. The van der Waals surface area contributed by atoms with E-state index in [0.29, 0.717) is 17.6 Å². The average Bonchev–Trinajstić information content (AvgIpc) is 3.34. The molecule has 2 amide bonds. The quantitative estimate of drug-likeness (QED) is 0.415. The van der Waals surface area contributed by atoms with Crippen LogP contribution in [0.1, 0.15) is 46.3 Å². The predicted octanol–water partition coefficient (Wildman–Crippen LogP) is 3.91. The monoisotopic (exact) mass is 388 g/mol. The Labute approximate surface area is 166 Å². The molecular formula is C21H20N6O2. The fraction of sp³-hybridized carbons (Fsp3) is 0.143. The Hall–Kier alpha value is -3.94. The number of para-hydroxylation sites is 2. The summed E-state index contributed by atoms with van der Waals surface area (Å²) in [6.07, 6.45) is 1.31. The van der Waals surface area contributed by atoms with E-state index < -0.39 is 11.8 Å². The largest absolute Gasteiger partial charge is 0.340 e. The van der Waals surface area contributed by atoms with Crippen LogP contribution >= 0.6 is 0 Å². The molecule has 4 N–H and O–H groups in total. The van der Waals surface area contributed by atoms with Gasteiger partial charge >= 0.3 is 0 Å². The first-order valence-corrected chi connectivity index (χ1v) is 9.22. The Bertz CT molecular complexity index is 1160. The fourth-order valence-corrected chi connectivity index (χ4v) is 2.99. The van der Waals surface area contributed by atoms with Gasteiger partial charge in [0, 0.05) is 5.69 Å². The first kappa shape index (κ1) is 18.4. The first-order valence-electron chi connectivity index (χ1n) is 9.22. The molecule has 4 rings (SSSR count). The maximum atomic E-state index is 12.7. The van der Waals surface area contributed by atoms with Gasteiger partial charge in [0.1, 0.15) is 5.69 Å². The van der Waals surface area contributed by atoms with Crippen LogP contribution < -0.4 is 10.6 Å². The van der Waals surface area contributed by atoms with Crippen molar-refractivity contribution in [3.63, 3.8) is 0 Å². The van der Waals surface area contributed by atoms with Crippen LogP contribution in [0.15, 0.2) is 54.9 Å². The van der Waals surface area contributed by atoms with E-state index in [0.717, 1.165) is 16.6 Å². The molecule has 0 fully saturated rings. The third-order valence-corrected chi connectivity index (χ3v) is 4.51. The molecule has 2 aromatic heterocycles. The van der Waals surface area contributed by atoms with Crippen molar-refractivity contribution >= 4 is 34.5 Å². The third kappa shape index (κ3) is 3.86. The first-order chi connectivity index (χ1) is 14.0. The van der Waals surface area contributed by atoms with Gasteiger partial charge in [-0.2, -0.15) is 0 Å². The van der Waals surface area contributed by atoms with E-state index in [1.165, 1.54) is 6.33 Å². The minimum Gasteiger partial charge on any atom is -0.340 e. The number of rotatable bonds is 5. The molecule has 4 aromatic rings. The number of amides is 2. The summed E-state index contributed by atoms with van der Waals surface area (Å²) < 4.78 is 0. The zero-order valence-corrected chi connectivity index (χ0v) is 16.0. The number of benzene rings is 2. The van der Waals surface area contributed by atoms with Gasteiger partial charge in [-0.25, -0.2) is 9.97 Å². The number of hydrogen-bond donors (Lipinski definition) is 4. The highest BCUT2D eigenvalue weighted by Crippen LogP contribution is 2.19. The van der Waals surface area contributed by atoms with Crippen molar-refractivity contribution in [2.24, 2.45) is 0 Å². The zero-order valence-electron chi connectivity index (χ0n) is 16.0. The van der Waals surface area contributed by atoms with Crippen LogP contribution in [-0.2, 0) is 0 Å².